The number of nitrogens with zero attached hydrogens (tertiary/aromatic N) is 6. The van der Waals surface area contributed by atoms with Crippen LogP contribution in [0.2, 0.25) is 0 Å². The zero-order chi connectivity index (χ0) is 25.1. The molecule has 190 valence electrons. The van der Waals surface area contributed by atoms with E-state index in [0.717, 1.165) is 24.3 Å². The first-order chi connectivity index (χ1) is 17.4. The fourth-order valence-electron chi connectivity index (χ4n) is 4.39. The number of para-hydroxylation sites is 1. The Balaban J connectivity index is 1.36. The Labute approximate surface area is 209 Å². The smallest absolute Gasteiger partial charge is 0.281 e. The van der Waals surface area contributed by atoms with Crippen LogP contribution in [0.1, 0.15) is 16.8 Å². The quantitative estimate of drug-likeness (QED) is 0.465. The summed E-state index contributed by atoms with van der Waals surface area (Å²) in [5, 5.41) is 4.20. The number of nitrogens with one attached hydrogen (secondary N) is 1. The fraction of sp³-hybridized carbons (Fsp3) is 0.417. The summed E-state index contributed by atoms with van der Waals surface area (Å²) in [6, 6.07) is 8.95. The second-order valence-corrected chi connectivity index (χ2v) is 11.0. The first-order valence-corrected chi connectivity index (χ1v) is 13.6. The number of piperazine rings is 1. The van der Waals surface area contributed by atoms with Crippen molar-refractivity contribution >= 4 is 32.7 Å². The third-order valence-electron chi connectivity index (χ3n) is 6.37. The first-order valence-electron chi connectivity index (χ1n) is 12.0. The highest BCUT2D eigenvalue weighted by Gasteiger charge is 2.25. The Morgan fingerprint density at radius 2 is 1.97 bits per heavy atom. The summed E-state index contributed by atoms with van der Waals surface area (Å²) in [5.41, 5.74) is 1.23. The predicted octanol–water partition coefficient (Wildman–Crippen LogP) is 0.944. The van der Waals surface area contributed by atoms with Gasteiger partial charge in [-0.3, -0.25) is 14.3 Å². The molecule has 4 heterocycles. The van der Waals surface area contributed by atoms with E-state index in [1.54, 1.807) is 28.7 Å². The van der Waals surface area contributed by atoms with Crippen LogP contribution in [0.3, 0.4) is 0 Å². The zero-order valence-electron chi connectivity index (χ0n) is 20.1. The Kier molecular flexibility index (Phi) is 6.99. The Bertz CT molecular complexity index is 1430. The van der Waals surface area contributed by atoms with Gasteiger partial charge in [0.05, 0.1) is 17.9 Å². The number of carbonyl (C=O) groups excluding carboxylic acids is 1. The van der Waals surface area contributed by atoms with Gasteiger partial charge < -0.3 is 15.0 Å². The van der Waals surface area contributed by atoms with E-state index in [-0.39, 0.29) is 18.0 Å². The number of fused-ring (bicyclic) bond motifs is 3. The number of sulfonamides is 1. The number of benzene rings is 1. The summed E-state index contributed by atoms with van der Waals surface area (Å²) < 4.78 is 34.8. The SMILES string of the molecule is CN1CCN(S(=O)(=O)CCCOc2cccc3c4n(c(=NC(=O)c5cccnc5)nc23)CCN4)CC1. The standard InChI is InChI=1S/C24H29N7O4S/c1-29-11-13-30(14-12-29)36(33,34)16-4-15-35-20-7-2-6-19-21(20)27-24(31-10-9-26-22(19)31)28-23(32)18-5-3-8-25-17-18/h2-3,5-8,17,26H,4,9-16H2,1H3. The minimum Gasteiger partial charge on any atom is -0.491 e. The number of pyridine rings is 1. The van der Waals surface area contributed by atoms with Crippen molar-refractivity contribution in [2.24, 2.45) is 4.99 Å². The molecule has 5 rings (SSSR count). The number of ether oxygens (including phenoxy) is 1. The topological polar surface area (TPSA) is 122 Å². The third kappa shape index (κ3) is 5.11. The van der Waals surface area contributed by atoms with Gasteiger partial charge in [0.25, 0.3) is 5.91 Å². The molecule has 2 aromatic heterocycles. The number of rotatable bonds is 7. The van der Waals surface area contributed by atoms with E-state index in [1.807, 2.05) is 23.7 Å². The largest absolute Gasteiger partial charge is 0.491 e. The molecule has 0 bridgehead atoms. The highest BCUT2D eigenvalue weighted by atomic mass is 32.2. The average Bonchev–Trinajstić information content (AvgIpc) is 3.38. The summed E-state index contributed by atoms with van der Waals surface area (Å²) in [6.45, 7) is 4.08. The second-order valence-electron chi connectivity index (χ2n) is 8.87. The van der Waals surface area contributed by atoms with Crippen molar-refractivity contribution in [1.82, 2.24) is 23.7 Å². The van der Waals surface area contributed by atoms with Gasteiger partial charge in [-0.25, -0.2) is 13.4 Å². The van der Waals surface area contributed by atoms with Gasteiger partial charge in [-0.1, -0.05) is 6.07 Å². The van der Waals surface area contributed by atoms with Crippen LogP contribution in [0.4, 0.5) is 5.82 Å². The maximum atomic E-state index is 12.7. The van der Waals surface area contributed by atoms with Crippen molar-refractivity contribution in [3.05, 3.63) is 53.9 Å². The van der Waals surface area contributed by atoms with Crippen LogP contribution in [0.15, 0.2) is 47.7 Å². The summed E-state index contributed by atoms with van der Waals surface area (Å²) in [5.74, 6) is 0.943. The molecule has 1 N–H and O–H groups in total. The van der Waals surface area contributed by atoms with Crippen LogP contribution >= 0.6 is 0 Å². The predicted molar refractivity (Wildman–Crippen MR) is 135 cm³/mol. The molecule has 0 radical (unpaired) electrons. The fourth-order valence-corrected chi connectivity index (χ4v) is 5.85. The van der Waals surface area contributed by atoms with Gasteiger partial charge in [-0.15, -0.1) is 0 Å². The lowest BCUT2D eigenvalue weighted by atomic mass is 10.2. The van der Waals surface area contributed by atoms with Crippen molar-refractivity contribution in [3.63, 3.8) is 0 Å². The summed E-state index contributed by atoms with van der Waals surface area (Å²) >= 11 is 0. The van der Waals surface area contributed by atoms with Crippen molar-refractivity contribution in [2.45, 2.75) is 13.0 Å². The monoisotopic (exact) mass is 511 g/mol. The van der Waals surface area contributed by atoms with Gasteiger partial charge in [0, 0.05) is 57.0 Å². The maximum absolute atomic E-state index is 12.7. The normalized spacial score (nSPS) is 17.2. The number of likely N-dealkylation sites (N-methyl/N-ethyl adjacent to an activating group) is 1. The van der Waals surface area contributed by atoms with Crippen molar-refractivity contribution in [1.29, 1.82) is 0 Å². The van der Waals surface area contributed by atoms with Crippen LogP contribution in [0.25, 0.3) is 10.9 Å². The minimum absolute atomic E-state index is 0.0297. The average molecular weight is 512 g/mol. The van der Waals surface area contributed by atoms with Crippen LogP contribution in [0, 0.1) is 0 Å². The molecular formula is C24H29N7O4S. The van der Waals surface area contributed by atoms with Gasteiger partial charge in [-0.2, -0.15) is 9.30 Å². The number of aromatic nitrogens is 3. The van der Waals surface area contributed by atoms with Crippen LogP contribution in [-0.4, -0.2) is 90.2 Å². The molecule has 0 atom stereocenters. The molecule has 0 aliphatic carbocycles. The highest BCUT2D eigenvalue weighted by molar-refractivity contribution is 7.89. The number of hydrogen-bond acceptors (Lipinski definition) is 8. The maximum Gasteiger partial charge on any atom is 0.281 e. The number of carbonyl (C=O) groups is 1. The Hall–Kier alpha value is -3.35. The Morgan fingerprint density at radius 3 is 2.75 bits per heavy atom. The molecule has 1 saturated heterocycles. The lowest BCUT2D eigenvalue weighted by Gasteiger charge is -2.31. The van der Waals surface area contributed by atoms with Crippen molar-refractivity contribution in [3.8, 4) is 5.75 Å². The molecule has 0 spiro atoms. The lowest BCUT2D eigenvalue weighted by molar-refractivity contribution is 0.0996. The van der Waals surface area contributed by atoms with Crippen molar-refractivity contribution < 1.29 is 17.9 Å². The summed E-state index contributed by atoms with van der Waals surface area (Å²) in [7, 11) is -1.33. The van der Waals surface area contributed by atoms with E-state index < -0.39 is 15.9 Å². The van der Waals surface area contributed by atoms with E-state index in [4.69, 9.17) is 4.74 Å². The van der Waals surface area contributed by atoms with Gasteiger partial charge in [0.15, 0.2) is 0 Å². The van der Waals surface area contributed by atoms with Crippen LogP contribution < -0.4 is 15.7 Å². The molecule has 1 fully saturated rings. The molecule has 11 nitrogen and oxygen atoms in total. The van der Waals surface area contributed by atoms with E-state index in [9.17, 15) is 13.2 Å². The lowest BCUT2D eigenvalue weighted by Crippen LogP contribution is -2.47. The third-order valence-corrected chi connectivity index (χ3v) is 8.33. The molecule has 2 aliphatic heterocycles. The van der Waals surface area contributed by atoms with E-state index in [2.05, 4.69) is 25.2 Å². The van der Waals surface area contributed by atoms with Crippen LogP contribution in [-0.2, 0) is 16.6 Å². The molecule has 12 heteroatoms. The molecule has 0 unspecified atom stereocenters. The van der Waals surface area contributed by atoms with Gasteiger partial charge >= 0.3 is 0 Å². The summed E-state index contributed by atoms with van der Waals surface area (Å²) in [4.78, 5) is 27.8. The number of amides is 1. The van der Waals surface area contributed by atoms with Crippen molar-refractivity contribution in [2.75, 3.05) is 57.4 Å². The number of anilines is 1. The molecule has 1 amide bonds. The first kappa shape index (κ1) is 24.3. The Morgan fingerprint density at radius 1 is 1.14 bits per heavy atom. The van der Waals surface area contributed by atoms with E-state index in [0.29, 0.717) is 49.4 Å². The molecular weight excluding hydrogens is 482 g/mol. The molecule has 0 saturated carbocycles. The highest BCUT2D eigenvalue weighted by Crippen LogP contribution is 2.29. The molecule has 2 aliphatic rings. The molecule has 1 aromatic carbocycles. The molecule has 3 aromatic rings. The van der Waals surface area contributed by atoms with Gasteiger partial charge in [0.1, 0.15) is 17.1 Å². The zero-order valence-corrected chi connectivity index (χ0v) is 20.9. The van der Waals surface area contributed by atoms with E-state index in [1.165, 1.54) is 6.20 Å². The summed E-state index contributed by atoms with van der Waals surface area (Å²) in [6.07, 6.45) is 3.43. The van der Waals surface area contributed by atoms with Gasteiger partial charge in [-0.05, 0) is 37.7 Å². The molecule has 36 heavy (non-hydrogen) atoms. The minimum atomic E-state index is -3.32. The van der Waals surface area contributed by atoms with Crippen LogP contribution in [0.5, 0.6) is 5.75 Å². The second kappa shape index (κ2) is 10.3. The number of hydrogen-bond donors (Lipinski definition) is 1. The van der Waals surface area contributed by atoms with E-state index >= 15 is 0 Å². The van der Waals surface area contributed by atoms with Gasteiger partial charge in [0.2, 0.25) is 15.6 Å².